The van der Waals surface area contributed by atoms with Crippen LogP contribution in [0.3, 0.4) is 0 Å². The molecule has 1 aromatic rings. The molecule has 30 heavy (non-hydrogen) atoms. The van der Waals surface area contributed by atoms with Gasteiger partial charge in [-0.3, -0.25) is 9.69 Å². The summed E-state index contributed by atoms with van der Waals surface area (Å²) >= 11 is 6.12. The third-order valence-electron chi connectivity index (χ3n) is 5.08. The summed E-state index contributed by atoms with van der Waals surface area (Å²) in [5.41, 5.74) is -0.774. The molecule has 2 amide bonds. The van der Waals surface area contributed by atoms with E-state index in [4.69, 9.17) is 21.1 Å². The molecule has 2 aliphatic heterocycles. The topological polar surface area (TPSA) is 93.2 Å². The van der Waals surface area contributed by atoms with Gasteiger partial charge in [0.1, 0.15) is 11.6 Å². The summed E-state index contributed by atoms with van der Waals surface area (Å²) in [5, 5.41) is -0.843. The Bertz CT molecular complexity index is 908. The number of likely N-dealkylation sites (tertiary alicyclic amines) is 1. The van der Waals surface area contributed by atoms with Gasteiger partial charge in [-0.1, -0.05) is 23.7 Å². The standard InChI is InChI=1S/C20H27ClN2O6S/c1-20(2,3)29-19(25)23-13-14(30(26,27)17-7-5-4-6-15(17)21)12-16(23)18(24)22-8-10-28-11-9-22/h4-7,14,16H,8-13H2,1-3H3. The van der Waals surface area contributed by atoms with Gasteiger partial charge < -0.3 is 14.4 Å². The number of amides is 2. The summed E-state index contributed by atoms with van der Waals surface area (Å²) in [6, 6.07) is 5.27. The summed E-state index contributed by atoms with van der Waals surface area (Å²) < 4.78 is 37.2. The number of sulfone groups is 1. The highest BCUT2D eigenvalue weighted by molar-refractivity contribution is 7.92. The van der Waals surface area contributed by atoms with Crippen molar-refractivity contribution in [1.29, 1.82) is 0 Å². The van der Waals surface area contributed by atoms with Crippen molar-refractivity contribution in [2.24, 2.45) is 0 Å². The molecule has 3 rings (SSSR count). The molecule has 2 fully saturated rings. The van der Waals surface area contributed by atoms with E-state index in [0.29, 0.717) is 26.3 Å². The third-order valence-corrected chi connectivity index (χ3v) is 7.71. The number of hydrogen-bond acceptors (Lipinski definition) is 6. The average Bonchev–Trinajstić information content (AvgIpc) is 3.13. The van der Waals surface area contributed by atoms with E-state index in [1.165, 1.54) is 17.0 Å². The van der Waals surface area contributed by atoms with E-state index in [-0.39, 0.29) is 28.8 Å². The lowest BCUT2D eigenvalue weighted by Crippen LogP contribution is -2.51. The number of morpholine rings is 1. The number of carbonyl (C=O) groups excluding carboxylic acids is 2. The van der Waals surface area contributed by atoms with Crippen LogP contribution in [0.15, 0.2) is 29.2 Å². The first-order chi connectivity index (χ1) is 14.0. The molecule has 0 saturated carbocycles. The molecule has 0 aromatic heterocycles. The van der Waals surface area contributed by atoms with E-state index in [2.05, 4.69) is 0 Å². The minimum atomic E-state index is -3.85. The van der Waals surface area contributed by atoms with Crippen molar-refractivity contribution >= 4 is 33.4 Å². The molecule has 10 heteroatoms. The molecule has 2 unspecified atom stereocenters. The van der Waals surface area contributed by atoms with Crippen molar-refractivity contribution in [3.63, 3.8) is 0 Å². The van der Waals surface area contributed by atoms with Crippen LogP contribution in [-0.4, -0.2) is 80.0 Å². The van der Waals surface area contributed by atoms with Crippen LogP contribution in [0, 0.1) is 0 Å². The lowest BCUT2D eigenvalue weighted by atomic mass is 10.2. The lowest BCUT2D eigenvalue weighted by molar-refractivity contribution is -0.140. The van der Waals surface area contributed by atoms with E-state index >= 15 is 0 Å². The molecule has 2 saturated heterocycles. The molecule has 8 nitrogen and oxygen atoms in total. The zero-order chi connectivity index (χ0) is 22.1. The Kier molecular flexibility index (Phi) is 6.64. The number of carbonyl (C=O) groups is 2. The maximum atomic E-state index is 13.2. The quantitative estimate of drug-likeness (QED) is 0.690. The monoisotopic (exact) mass is 458 g/mol. The maximum Gasteiger partial charge on any atom is 0.411 e. The molecule has 2 aliphatic rings. The summed E-state index contributed by atoms with van der Waals surface area (Å²) in [5.74, 6) is -0.291. The van der Waals surface area contributed by atoms with Crippen LogP contribution >= 0.6 is 11.6 Å². The number of benzene rings is 1. The van der Waals surface area contributed by atoms with Crippen molar-refractivity contribution in [3.8, 4) is 0 Å². The van der Waals surface area contributed by atoms with E-state index in [1.807, 2.05) is 0 Å². The van der Waals surface area contributed by atoms with Gasteiger partial charge in [0.25, 0.3) is 0 Å². The molecule has 2 atom stereocenters. The van der Waals surface area contributed by atoms with Gasteiger partial charge in [0, 0.05) is 19.6 Å². The van der Waals surface area contributed by atoms with Gasteiger partial charge in [0.2, 0.25) is 5.91 Å². The van der Waals surface area contributed by atoms with Crippen LogP contribution in [-0.2, 0) is 24.1 Å². The van der Waals surface area contributed by atoms with Crippen molar-refractivity contribution in [3.05, 3.63) is 29.3 Å². The molecule has 0 aliphatic carbocycles. The Labute approximate surface area is 182 Å². The number of rotatable bonds is 3. The molecular weight excluding hydrogens is 432 g/mol. The summed E-state index contributed by atoms with van der Waals surface area (Å²) in [6.45, 7) is 6.65. The van der Waals surface area contributed by atoms with Gasteiger partial charge in [-0.25, -0.2) is 13.2 Å². The van der Waals surface area contributed by atoms with E-state index in [1.54, 1.807) is 37.8 Å². The van der Waals surface area contributed by atoms with Crippen LogP contribution in [0.1, 0.15) is 27.2 Å². The molecule has 166 valence electrons. The Morgan fingerprint density at radius 3 is 2.40 bits per heavy atom. The van der Waals surface area contributed by atoms with Crippen molar-refractivity contribution in [2.45, 2.75) is 49.0 Å². The smallest absolute Gasteiger partial charge is 0.411 e. The number of ether oxygens (including phenoxy) is 2. The average molecular weight is 459 g/mol. The predicted octanol–water partition coefficient (Wildman–Crippen LogP) is 2.35. The second-order valence-corrected chi connectivity index (χ2v) is 11.0. The first kappa shape index (κ1) is 22.8. The lowest BCUT2D eigenvalue weighted by Gasteiger charge is -2.33. The van der Waals surface area contributed by atoms with E-state index < -0.39 is 32.8 Å². The van der Waals surface area contributed by atoms with Gasteiger partial charge in [-0.2, -0.15) is 0 Å². The van der Waals surface area contributed by atoms with Crippen LogP contribution in [0.4, 0.5) is 4.79 Å². The number of nitrogens with zero attached hydrogens (tertiary/aromatic N) is 2. The fraction of sp³-hybridized carbons (Fsp3) is 0.600. The first-order valence-electron chi connectivity index (χ1n) is 9.85. The first-order valence-corrected chi connectivity index (χ1v) is 11.8. The van der Waals surface area contributed by atoms with Crippen LogP contribution in [0.2, 0.25) is 5.02 Å². The van der Waals surface area contributed by atoms with Gasteiger partial charge in [0.15, 0.2) is 9.84 Å². The van der Waals surface area contributed by atoms with Crippen LogP contribution in [0.5, 0.6) is 0 Å². The zero-order valence-corrected chi connectivity index (χ0v) is 18.9. The van der Waals surface area contributed by atoms with E-state index in [9.17, 15) is 18.0 Å². The van der Waals surface area contributed by atoms with Gasteiger partial charge in [0.05, 0.1) is 28.4 Å². The zero-order valence-electron chi connectivity index (χ0n) is 17.3. The Morgan fingerprint density at radius 2 is 1.80 bits per heavy atom. The number of hydrogen-bond donors (Lipinski definition) is 0. The van der Waals surface area contributed by atoms with Gasteiger partial charge in [-0.05, 0) is 39.3 Å². The summed E-state index contributed by atoms with van der Waals surface area (Å²) in [4.78, 5) is 28.8. The Balaban J connectivity index is 1.90. The second-order valence-electron chi connectivity index (χ2n) is 8.42. The van der Waals surface area contributed by atoms with E-state index in [0.717, 1.165) is 0 Å². The highest BCUT2D eigenvalue weighted by atomic mass is 35.5. The summed E-state index contributed by atoms with van der Waals surface area (Å²) in [6.07, 6.45) is -0.714. The Morgan fingerprint density at radius 1 is 1.17 bits per heavy atom. The largest absolute Gasteiger partial charge is 0.444 e. The fourth-order valence-corrected chi connectivity index (χ4v) is 5.85. The summed E-state index contributed by atoms with van der Waals surface area (Å²) in [7, 11) is -3.85. The highest BCUT2D eigenvalue weighted by Crippen LogP contribution is 2.33. The molecule has 0 bridgehead atoms. The molecule has 0 radical (unpaired) electrons. The second kappa shape index (κ2) is 8.72. The molecule has 1 aromatic carbocycles. The SMILES string of the molecule is CC(C)(C)OC(=O)N1CC(S(=O)(=O)c2ccccc2Cl)CC1C(=O)N1CCOCC1. The van der Waals surface area contributed by atoms with Gasteiger partial charge >= 0.3 is 6.09 Å². The third kappa shape index (κ3) is 4.90. The fourth-order valence-electron chi connectivity index (χ4n) is 3.63. The molecule has 2 heterocycles. The van der Waals surface area contributed by atoms with Crippen molar-refractivity contribution < 1.29 is 27.5 Å². The Hall–Kier alpha value is -1.84. The van der Waals surface area contributed by atoms with Crippen molar-refractivity contribution in [1.82, 2.24) is 9.80 Å². The minimum Gasteiger partial charge on any atom is -0.444 e. The highest BCUT2D eigenvalue weighted by Gasteiger charge is 2.48. The molecule has 0 N–H and O–H groups in total. The van der Waals surface area contributed by atoms with Gasteiger partial charge in [-0.15, -0.1) is 0 Å². The van der Waals surface area contributed by atoms with Crippen LogP contribution < -0.4 is 0 Å². The molecule has 0 spiro atoms. The minimum absolute atomic E-state index is 0.000256. The maximum absolute atomic E-state index is 13.2. The molecular formula is C20H27ClN2O6S. The van der Waals surface area contributed by atoms with Crippen LogP contribution in [0.25, 0.3) is 0 Å². The van der Waals surface area contributed by atoms with Crippen molar-refractivity contribution in [2.75, 3.05) is 32.8 Å². The normalized spacial score (nSPS) is 22.8. The predicted molar refractivity (Wildman–Crippen MR) is 111 cm³/mol. The number of halogens is 1.